The van der Waals surface area contributed by atoms with E-state index in [1.165, 1.54) is 12.1 Å². The van der Waals surface area contributed by atoms with Gasteiger partial charge in [-0.2, -0.15) is 4.99 Å². The summed E-state index contributed by atoms with van der Waals surface area (Å²) in [5.41, 5.74) is 8.17. The van der Waals surface area contributed by atoms with Crippen molar-refractivity contribution in [3.63, 3.8) is 0 Å². The number of benzene rings is 2. The van der Waals surface area contributed by atoms with Gasteiger partial charge in [-0.25, -0.2) is 4.98 Å². The van der Waals surface area contributed by atoms with E-state index in [1.807, 2.05) is 24.3 Å². The average molecular weight is 281 g/mol. The number of hydrogen-bond donors (Lipinski definition) is 2. The number of nitro benzene ring substituents is 1. The number of H-pyrrole nitrogens is 1. The minimum atomic E-state index is -0.462. The van der Waals surface area contributed by atoms with Gasteiger partial charge in [0.2, 0.25) is 5.95 Å². The Kier molecular flexibility index (Phi) is 3.07. The van der Waals surface area contributed by atoms with Crippen LogP contribution in [-0.2, 0) is 0 Å². The molecule has 3 aromatic rings. The first kappa shape index (κ1) is 12.8. The third-order valence-electron chi connectivity index (χ3n) is 2.98. The van der Waals surface area contributed by atoms with Crippen molar-refractivity contribution in [2.45, 2.75) is 0 Å². The minimum Gasteiger partial charge on any atom is -0.383 e. The van der Waals surface area contributed by atoms with E-state index in [0.717, 1.165) is 11.0 Å². The van der Waals surface area contributed by atoms with Crippen LogP contribution in [0.15, 0.2) is 53.5 Å². The Labute approximate surface area is 119 Å². The number of imidazole rings is 1. The molecule has 7 heteroatoms. The Morgan fingerprint density at radius 3 is 2.57 bits per heavy atom. The van der Waals surface area contributed by atoms with Crippen LogP contribution in [-0.4, -0.2) is 20.7 Å². The first-order valence-electron chi connectivity index (χ1n) is 6.17. The van der Waals surface area contributed by atoms with E-state index < -0.39 is 4.92 Å². The second kappa shape index (κ2) is 5.04. The Balaban J connectivity index is 1.92. The predicted octanol–water partition coefficient (Wildman–Crippen LogP) is 2.51. The number of non-ortho nitro benzene ring substituents is 1. The average Bonchev–Trinajstić information content (AvgIpc) is 2.89. The van der Waals surface area contributed by atoms with Crippen molar-refractivity contribution in [3.05, 3.63) is 64.2 Å². The van der Waals surface area contributed by atoms with Crippen LogP contribution in [0.3, 0.4) is 0 Å². The molecule has 0 radical (unpaired) electrons. The number of aromatic amines is 1. The van der Waals surface area contributed by atoms with Crippen molar-refractivity contribution in [1.29, 1.82) is 0 Å². The van der Waals surface area contributed by atoms with Crippen LogP contribution >= 0.6 is 0 Å². The van der Waals surface area contributed by atoms with E-state index in [2.05, 4.69) is 15.0 Å². The molecule has 7 nitrogen and oxygen atoms in total. The van der Waals surface area contributed by atoms with Gasteiger partial charge in [0.1, 0.15) is 5.84 Å². The van der Waals surface area contributed by atoms with Gasteiger partial charge < -0.3 is 10.7 Å². The molecule has 21 heavy (non-hydrogen) atoms. The summed E-state index contributed by atoms with van der Waals surface area (Å²) in [5, 5.41) is 10.6. The lowest BCUT2D eigenvalue weighted by molar-refractivity contribution is -0.384. The molecular weight excluding hydrogens is 270 g/mol. The zero-order valence-corrected chi connectivity index (χ0v) is 10.9. The summed E-state index contributed by atoms with van der Waals surface area (Å²) in [7, 11) is 0. The summed E-state index contributed by atoms with van der Waals surface area (Å²) in [6, 6.07) is 13.4. The molecule has 3 N–H and O–H groups in total. The van der Waals surface area contributed by atoms with Gasteiger partial charge in [0.15, 0.2) is 0 Å². The van der Waals surface area contributed by atoms with Gasteiger partial charge in [-0.3, -0.25) is 10.1 Å². The Bertz CT molecular complexity index is 803. The first-order chi connectivity index (χ1) is 10.1. The van der Waals surface area contributed by atoms with Gasteiger partial charge in [-0.05, 0) is 24.3 Å². The Morgan fingerprint density at radius 2 is 1.90 bits per heavy atom. The van der Waals surface area contributed by atoms with Crippen molar-refractivity contribution >= 4 is 28.5 Å². The van der Waals surface area contributed by atoms with Crippen LogP contribution in [0.25, 0.3) is 11.0 Å². The summed E-state index contributed by atoms with van der Waals surface area (Å²) in [5.74, 6) is 0.635. The molecule has 0 spiro atoms. The lowest BCUT2D eigenvalue weighted by Gasteiger charge is -1.99. The van der Waals surface area contributed by atoms with Gasteiger partial charge in [-0.15, -0.1) is 0 Å². The first-order valence-corrected chi connectivity index (χ1v) is 6.17. The van der Waals surface area contributed by atoms with Crippen molar-refractivity contribution in [1.82, 2.24) is 9.97 Å². The molecular formula is C14H11N5O2. The van der Waals surface area contributed by atoms with Crippen LogP contribution in [0.5, 0.6) is 0 Å². The van der Waals surface area contributed by atoms with E-state index in [-0.39, 0.29) is 11.5 Å². The number of amidine groups is 1. The van der Waals surface area contributed by atoms with Crippen molar-refractivity contribution in [3.8, 4) is 0 Å². The summed E-state index contributed by atoms with van der Waals surface area (Å²) >= 11 is 0. The third kappa shape index (κ3) is 2.57. The molecule has 0 bridgehead atoms. The maximum Gasteiger partial charge on any atom is 0.269 e. The van der Waals surface area contributed by atoms with Crippen molar-refractivity contribution < 1.29 is 4.92 Å². The molecule has 0 fully saturated rings. The zero-order chi connectivity index (χ0) is 14.8. The van der Waals surface area contributed by atoms with E-state index in [1.54, 1.807) is 12.1 Å². The SMILES string of the molecule is N/C(=N\c1nc2ccccc2[nH]1)c1ccc([N+](=O)[O-])cc1. The zero-order valence-electron chi connectivity index (χ0n) is 10.9. The molecule has 1 aromatic heterocycles. The number of hydrogen-bond acceptors (Lipinski definition) is 4. The predicted molar refractivity (Wildman–Crippen MR) is 79.6 cm³/mol. The summed E-state index contributed by atoms with van der Waals surface area (Å²) in [6.45, 7) is 0. The second-order valence-corrected chi connectivity index (χ2v) is 4.38. The van der Waals surface area contributed by atoms with Crippen LogP contribution in [0.2, 0.25) is 0 Å². The molecule has 0 unspecified atom stereocenters. The number of nitro groups is 1. The second-order valence-electron chi connectivity index (χ2n) is 4.38. The molecule has 1 heterocycles. The van der Waals surface area contributed by atoms with E-state index in [9.17, 15) is 10.1 Å². The highest BCUT2D eigenvalue weighted by atomic mass is 16.6. The Morgan fingerprint density at radius 1 is 1.19 bits per heavy atom. The highest BCUT2D eigenvalue weighted by Crippen LogP contribution is 2.17. The molecule has 104 valence electrons. The van der Waals surface area contributed by atoms with Gasteiger partial charge in [0.05, 0.1) is 16.0 Å². The summed E-state index contributed by atoms with van der Waals surface area (Å²) < 4.78 is 0. The number of fused-ring (bicyclic) bond motifs is 1. The molecule has 0 saturated carbocycles. The molecule has 0 aliphatic carbocycles. The normalized spacial score (nSPS) is 11.7. The number of aliphatic imine (C=N–C) groups is 1. The highest BCUT2D eigenvalue weighted by Gasteiger charge is 2.07. The number of nitrogens with one attached hydrogen (secondary N) is 1. The highest BCUT2D eigenvalue weighted by molar-refractivity contribution is 5.99. The van der Waals surface area contributed by atoms with Crippen LogP contribution in [0, 0.1) is 10.1 Å². The van der Waals surface area contributed by atoms with Crippen molar-refractivity contribution in [2.24, 2.45) is 10.7 Å². The van der Waals surface area contributed by atoms with Crippen LogP contribution in [0.1, 0.15) is 5.56 Å². The number of nitrogens with two attached hydrogens (primary N) is 1. The maximum absolute atomic E-state index is 10.6. The quantitative estimate of drug-likeness (QED) is 0.332. The van der Waals surface area contributed by atoms with Gasteiger partial charge >= 0.3 is 0 Å². The van der Waals surface area contributed by atoms with E-state index in [0.29, 0.717) is 11.5 Å². The molecule has 0 aliphatic heterocycles. The lowest BCUT2D eigenvalue weighted by atomic mass is 10.2. The van der Waals surface area contributed by atoms with Gasteiger partial charge in [-0.1, -0.05) is 12.1 Å². The molecule has 0 saturated heterocycles. The summed E-state index contributed by atoms with van der Waals surface area (Å²) in [4.78, 5) is 21.7. The Hall–Kier alpha value is -3.22. The monoisotopic (exact) mass is 281 g/mol. The third-order valence-corrected chi connectivity index (χ3v) is 2.98. The van der Waals surface area contributed by atoms with E-state index in [4.69, 9.17) is 5.73 Å². The standard InChI is InChI=1S/C14H11N5O2/c15-13(9-5-7-10(8-6-9)19(20)21)18-14-16-11-3-1-2-4-12(11)17-14/h1-8H,(H3,15,16,17,18). The fourth-order valence-electron chi connectivity index (χ4n) is 1.92. The van der Waals surface area contributed by atoms with Crippen LogP contribution < -0.4 is 5.73 Å². The summed E-state index contributed by atoms with van der Waals surface area (Å²) in [6.07, 6.45) is 0. The molecule has 3 rings (SSSR count). The molecule has 0 atom stereocenters. The maximum atomic E-state index is 10.6. The number of para-hydroxylation sites is 2. The van der Waals surface area contributed by atoms with Gasteiger partial charge in [0, 0.05) is 17.7 Å². The number of nitrogens with zero attached hydrogens (tertiary/aromatic N) is 3. The lowest BCUT2D eigenvalue weighted by Crippen LogP contribution is -2.12. The fraction of sp³-hybridized carbons (Fsp3) is 0. The largest absolute Gasteiger partial charge is 0.383 e. The van der Waals surface area contributed by atoms with Crippen LogP contribution in [0.4, 0.5) is 11.6 Å². The number of rotatable bonds is 3. The van der Waals surface area contributed by atoms with Gasteiger partial charge in [0.25, 0.3) is 5.69 Å². The van der Waals surface area contributed by atoms with E-state index >= 15 is 0 Å². The minimum absolute atomic E-state index is 0.00953. The topological polar surface area (TPSA) is 110 Å². The fourth-order valence-corrected chi connectivity index (χ4v) is 1.92. The molecule has 2 aromatic carbocycles. The molecule has 0 aliphatic rings. The number of aromatic nitrogens is 2. The molecule has 0 amide bonds. The smallest absolute Gasteiger partial charge is 0.269 e. The van der Waals surface area contributed by atoms with Crippen molar-refractivity contribution in [2.75, 3.05) is 0 Å².